The Morgan fingerprint density at radius 2 is 1.58 bits per heavy atom. The molecule has 24 heavy (non-hydrogen) atoms. The van der Waals surface area contributed by atoms with E-state index in [2.05, 4.69) is 44.0 Å². The molecule has 2 aliphatic rings. The predicted molar refractivity (Wildman–Crippen MR) is 98.9 cm³/mol. The standard InChI is InChI=1S/C19H25N5/c20-17-18(23-11-5-1-2-6-12-23)21-14-22-19(17)24-13-7-9-15-8-3-4-10-16(15)24/h3-4,8,10,14H,1-2,5-7,9,11-13,20H2. The summed E-state index contributed by atoms with van der Waals surface area (Å²) < 4.78 is 0. The lowest BCUT2D eigenvalue weighted by Crippen LogP contribution is -2.29. The number of hydrogen-bond acceptors (Lipinski definition) is 5. The number of rotatable bonds is 2. The summed E-state index contributed by atoms with van der Waals surface area (Å²) in [4.78, 5) is 13.7. The first-order valence-corrected chi connectivity index (χ1v) is 9.05. The molecule has 1 saturated heterocycles. The van der Waals surface area contributed by atoms with Crippen molar-refractivity contribution < 1.29 is 0 Å². The molecule has 1 fully saturated rings. The van der Waals surface area contributed by atoms with Crippen LogP contribution in [0.15, 0.2) is 30.6 Å². The second-order valence-corrected chi connectivity index (χ2v) is 6.72. The van der Waals surface area contributed by atoms with E-state index in [4.69, 9.17) is 5.73 Å². The third-order valence-corrected chi connectivity index (χ3v) is 5.11. The highest BCUT2D eigenvalue weighted by Crippen LogP contribution is 2.37. The van der Waals surface area contributed by atoms with Crippen LogP contribution in [0.25, 0.3) is 0 Å². The van der Waals surface area contributed by atoms with E-state index in [1.807, 2.05) is 0 Å². The molecule has 0 unspecified atom stereocenters. The van der Waals surface area contributed by atoms with Crippen LogP contribution in [0.1, 0.15) is 37.7 Å². The molecule has 0 amide bonds. The molecule has 126 valence electrons. The van der Waals surface area contributed by atoms with Crippen LogP contribution in [0.3, 0.4) is 0 Å². The molecule has 2 aliphatic heterocycles. The van der Waals surface area contributed by atoms with Crippen molar-refractivity contribution in [2.24, 2.45) is 0 Å². The maximum absolute atomic E-state index is 6.54. The van der Waals surface area contributed by atoms with Gasteiger partial charge in [-0.3, -0.25) is 0 Å². The number of nitrogens with two attached hydrogens (primary N) is 1. The van der Waals surface area contributed by atoms with Crippen LogP contribution in [0, 0.1) is 0 Å². The van der Waals surface area contributed by atoms with Crippen LogP contribution in [-0.2, 0) is 6.42 Å². The van der Waals surface area contributed by atoms with Gasteiger partial charge in [-0.2, -0.15) is 0 Å². The highest BCUT2D eigenvalue weighted by molar-refractivity contribution is 5.81. The fraction of sp³-hybridized carbons (Fsp3) is 0.474. The van der Waals surface area contributed by atoms with Gasteiger partial charge >= 0.3 is 0 Å². The van der Waals surface area contributed by atoms with Gasteiger partial charge in [0.15, 0.2) is 11.6 Å². The van der Waals surface area contributed by atoms with Crippen LogP contribution in [0.4, 0.5) is 23.0 Å². The van der Waals surface area contributed by atoms with E-state index in [0.717, 1.165) is 49.8 Å². The van der Waals surface area contributed by atoms with E-state index in [9.17, 15) is 0 Å². The smallest absolute Gasteiger partial charge is 0.161 e. The number of anilines is 4. The number of benzene rings is 1. The molecule has 0 saturated carbocycles. The molecule has 0 aliphatic carbocycles. The zero-order chi connectivity index (χ0) is 16.4. The van der Waals surface area contributed by atoms with Crippen LogP contribution in [0.2, 0.25) is 0 Å². The zero-order valence-electron chi connectivity index (χ0n) is 14.1. The number of fused-ring (bicyclic) bond motifs is 1. The quantitative estimate of drug-likeness (QED) is 0.916. The summed E-state index contributed by atoms with van der Waals surface area (Å²) in [5, 5.41) is 0. The molecule has 5 heteroatoms. The van der Waals surface area contributed by atoms with E-state index in [0.29, 0.717) is 0 Å². The van der Waals surface area contributed by atoms with E-state index < -0.39 is 0 Å². The Labute approximate surface area is 143 Å². The minimum absolute atomic E-state index is 0.719. The highest BCUT2D eigenvalue weighted by atomic mass is 15.3. The Bertz CT molecular complexity index is 707. The second kappa shape index (κ2) is 6.67. The number of hydrogen-bond donors (Lipinski definition) is 1. The molecule has 1 aromatic heterocycles. The van der Waals surface area contributed by atoms with Crippen LogP contribution < -0.4 is 15.5 Å². The first-order valence-electron chi connectivity index (χ1n) is 9.05. The number of aryl methyl sites for hydroxylation is 1. The van der Waals surface area contributed by atoms with Gasteiger partial charge in [-0.05, 0) is 37.3 Å². The van der Waals surface area contributed by atoms with Crippen molar-refractivity contribution in [3.05, 3.63) is 36.2 Å². The molecule has 2 aromatic rings. The van der Waals surface area contributed by atoms with Crippen molar-refractivity contribution in [1.29, 1.82) is 0 Å². The van der Waals surface area contributed by atoms with Gasteiger partial charge in [0.05, 0.1) is 0 Å². The lowest BCUT2D eigenvalue weighted by atomic mass is 10.0. The topological polar surface area (TPSA) is 58.3 Å². The Kier molecular flexibility index (Phi) is 4.24. The fourth-order valence-electron chi connectivity index (χ4n) is 3.88. The second-order valence-electron chi connectivity index (χ2n) is 6.72. The molecule has 4 rings (SSSR count). The molecule has 1 aromatic carbocycles. The minimum Gasteiger partial charge on any atom is -0.393 e. The zero-order valence-corrected chi connectivity index (χ0v) is 14.1. The van der Waals surface area contributed by atoms with Crippen LogP contribution in [-0.4, -0.2) is 29.6 Å². The van der Waals surface area contributed by atoms with Crippen molar-refractivity contribution in [2.45, 2.75) is 38.5 Å². The van der Waals surface area contributed by atoms with Gasteiger partial charge in [0.1, 0.15) is 12.0 Å². The first-order chi connectivity index (χ1) is 11.8. The maximum Gasteiger partial charge on any atom is 0.161 e. The van der Waals surface area contributed by atoms with Gasteiger partial charge < -0.3 is 15.5 Å². The third-order valence-electron chi connectivity index (χ3n) is 5.11. The van der Waals surface area contributed by atoms with Gasteiger partial charge in [-0.25, -0.2) is 9.97 Å². The van der Waals surface area contributed by atoms with E-state index in [-0.39, 0.29) is 0 Å². The molecule has 3 heterocycles. The molecule has 0 bridgehead atoms. The van der Waals surface area contributed by atoms with Crippen molar-refractivity contribution in [1.82, 2.24) is 9.97 Å². The normalized spacial score (nSPS) is 18.2. The highest BCUT2D eigenvalue weighted by Gasteiger charge is 2.24. The molecular weight excluding hydrogens is 298 g/mol. The third kappa shape index (κ3) is 2.79. The first kappa shape index (κ1) is 15.2. The number of para-hydroxylation sites is 1. The van der Waals surface area contributed by atoms with Gasteiger partial charge in [-0.1, -0.05) is 31.0 Å². The fourth-order valence-corrected chi connectivity index (χ4v) is 3.88. The van der Waals surface area contributed by atoms with Gasteiger partial charge in [0.25, 0.3) is 0 Å². The molecule has 2 N–H and O–H groups in total. The summed E-state index contributed by atoms with van der Waals surface area (Å²) in [5.41, 5.74) is 9.87. The predicted octanol–water partition coefficient (Wildman–Crippen LogP) is 3.52. The SMILES string of the molecule is Nc1c(N2CCCCCC2)ncnc1N1CCCc2ccccc21. The number of aromatic nitrogens is 2. The molecule has 0 atom stereocenters. The van der Waals surface area contributed by atoms with Gasteiger partial charge in [0.2, 0.25) is 0 Å². The van der Waals surface area contributed by atoms with E-state index >= 15 is 0 Å². The minimum atomic E-state index is 0.719. The van der Waals surface area contributed by atoms with Crippen LogP contribution >= 0.6 is 0 Å². The summed E-state index contributed by atoms with van der Waals surface area (Å²) in [6, 6.07) is 8.56. The average molecular weight is 323 g/mol. The molecule has 0 radical (unpaired) electrons. The van der Waals surface area contributed by atoms with Gasteiger partial charge in [0, 0.05) is 25.3 Å². The molecular formula is C19H25N5. The average Bonchev–Trinajstić information content (AvgIpc) is 2.91. The lowest BCUT2D eigenvalue weighted by molar-refractivity contribution is 0.726. The van der Waals surface area contributed by atoms with E-state index in [1.54, 1.807) is 6.33 Å². The maximum atomic E-state index is 6.54. The summed E-state index contributed by atoms with van der Waals surface area (Å²) in [7, 11) is 0. The number of nitrogens with zero attached hydrogens (tertiary/aromatic N) is 4. The summed E-state index contributed by atoms with van der Waals surface area (Å²) in [6.07, 6.45) is 8.94. The Morgan fingerprint density at radius 3 is 2.42 bits per heavy atom. The summed E-state index contributed by atoms with van der Waals surface area (Å²) in [6.45, 7) is 3.03. The van der Waals surface area contributed by atoms with Crippen molar-refractivity contribution in [3.63, 3.8) is 0 Å². The van der Waals surface area contributed by atoms with Crippen molar-refractivity contribution in [2.75, 3.05) is 35.2 Å². The van der Waals surface area contributed by atoms with Gasteiger partial charge in [-0.15, -0.1) is 0 Å². The summed E-state index contributed by atoms with van der Waals surface area (Å²) in [5.74, 6) is 1.77. The molecule has 5 nitrogen and oxygen atoms in total. The summed E-state index contributed by atoms with van der Waals surface area (Å²) >= 11 is 0. The lowest BCUT2D eigenvalue weighted by Gasteiger charge is -2.32. The van der Waals surface area contributed by atoms with Crippen molar-refractivity contribution in [3.8, 4) is 0 Å². The molecule has 0 spiro atoms. The Balaban J connectivity index is 1.71. The Hall–Kier alpha value is -2.30. The monoisotopic (exact) mass is 323 g/mol. The van der Waals surface area contributed by atoms with Crippen molar-refractivity contribution >= 4 is 23.0 Å². The largest absolute Gasteiger partial charge is 0.393 e. The Morgan fingerprint density at radius 1 is 0.833 bits per heavy atom. The van der Waals surface area contributed by atoms with E-state index in [1.165, 1.54) is 36.9 Å². The number of nitrogen functional groups attached to an aromatic ring is 1. The van der Waals surface area contributed by atoms with Crippen LogP contribution in [0.5, 0.6) is 0 Å².